The van der Waals surface area contributed by atoms with Crippen molar-refractivity contribution in [2.75, 3.05) is 37.7 Å². The van der Waals surface area contributed by atoms with Crippen molar-refractivity contribution in [1.82, 2.24) is 9.80 Å². The summed E-state index contributed by atoms with van der Waals surface area (Å²) in [5.74, 6) is -1.83. The molecule has 9 nitrogen and oxygen atoms in total. The minimum atomic E-state index is -1.34. The van der Waals surface area contributed by atoms with Crippen molar-refractivity contribution < 1.29 is 29.0 Å². The van der Waals surface area contributed by atoms with Gasteiger partial charge in [0, 0.05) is 25.3 Å². The van der Waals surface area contributed by atoms with Crippen molar-refractivity contribution in [3.63, 3.8) is 0 Å². The van der Waals surface area contributed by atoms with Gasteiger partial charge in [0.05, 0.1) is 36.7 Å². The standard InChI is InChI=1S/C34H47N3O6/c1-6-9-10-19-35-20-12-18-34-28(31(40)37(29(34)32(35)41)26(22-38)23(4)7-2)27-30(39)36(21-11-17-33(27,5)43-34)24-13-15-25(16-14-24)42-8-3/h11-18,23,26-29,38H,6-10,19-22H2,1-5H3/t23-,26-,27-,28-,29?,33+,34-/m0/s1. The maximum Gasteiger partial charge on any atom is 0.249 e. The first-order valence-electron chi connectivity index (χ1n) is 16.0. The van der Waals surface area contributed by atoms with E-state index in [0.29, 0.717) is 37.7 Å². The van der Waals surface area contributed by atoms with E-state index in [1.165, 1.54) is 0 Å². The van der Waals surface area contributed by atoms with Gasteiger partial charge < -0.3 is 29.3 Å². The number of likely N-dealkylation sites (tertiary alicyclic amines) is 1. The molecule has 4 aliphatic rings. The second-order valence-electron chi connectivity index (χ2n) is 12.6. The summed E-state index contributed by atoms with van der Waals surface area (Å²) in [6.45, 7) is 11.5. The van der Waals surface area contributed by atoms with Crippen LogP contribution in [0.25, 0.3) is 0 Å². The highest BCUT2D eigenvalue weighted by Crippen LogP contribution is 2.58. The lowest BCUT2D eigenvalue weighted by atomic mass is 9.74. The number of anilines is 1. The van der Waals surface area contributed by atoms with Crippen molar-refractivity contribution in [1.29, 1.82) is 0 Å². The van der Waals surface area contributed by atoms with E-state index in [1.54, 1.807) is 9.80 Å². The highest BCUT2D eigenvalue weighted by atomic mass is 16.5. The number of aliphatic hydroxyl groups excluding tert-OH is 1. The Kier molecular flexibility index (Phi) is 9.05. The monoisotopic (exact) mass is 593 g/mol. The van der Waals surface area contributed by atoms with Crippen LogP contribution in [0.1, 0.15) is 60.3 Å². The molecule has 0 aromatic heterocycles. The zero-order valence-corrected chi connectivity index (χ0v) is 26.2. The van der Waals surface area contributed by atoms with Crippen molar-refractivity contribution in [3.05, 3.63) is 48.6 Å². The van der Waals surface area contributed by atoms with Crippen LogP contribution in [0, 0.1) is 17.8 Å². The first-order valence-corrected chi connectivity index (χ1v) is 16.0. The summed E-state index contributed by atoms with van der Waals surface area (Å²) in [7, 11) is 0. The predicted octanol–water partition coefficient (Wildman–Crippen LogP) is 3.95. The number of hydrogen-bond acceptors (Lipinski definition) is 6. The lowest BCUT2D eigenvalue weighted by Gasteiger charge is -2.41. The van der Waals surface area contributed by atoms with Crippen LogP contribution in [0.15, 0.2) is 48.6 Å². The van der Waals surface area contributed by atoms with Gasteiger partial charge in [0.2, 0.25) is 17.7 Å². The summed E-state index contributed by atoms with van der Waals surface area (Å²) in [6, 6.07) is 5.83. The molecule has 9 heteroatoms. The number of amides is 3. The lowest BCUT2D eigenvalue weighted by Crippen LogP contribution is -2.59. The molecule has 43 heavy (non-hydrogen) atoms. The van der Waals surface area contributed by atoms with E-state index in [-0.39, 0.29) is 30.2 Å². The van der Waals surface area contributed by atoms with Crippen molar-refractivity contribution >= 4 is 23.4 Å². The average molecular weight is 594 g/mol. The molecule has 7 atom stereocenters. The van der Waals surface area contributed by atoms with E-state index in [2.05, 4.69) is 6.92 Å². The molecule has 3 amide bonds. The number of nitrogens with zero attached hydrogens (tertiary/aromatic N) is 3. The Balaban J connectivity index is 1.60. The number of unbranched alkanes of at least 4 members (excludes halogenated alkanes) is 2. The molecular formula is C34H47N3O6. The van der Waals surface area contributed by atoms with Crippen molar-refractivity contribution in [2.45, 2.75) is 83.6 Å². The highest BCUT2D eigenvalue weighted by molar-refractivity contribution is 6.04. The number of fused-ring (bicyclic) bond motifs is 2. The molecule has 0 aliphatic carbocycles. The van der Waals surface area contributed by atoms with Gasteiger partial charge in [0.25, 0.3) is 0 Å². The molecular weight excluding hydrogens is 546 g/mol. The summed E-state index contributed by atoms with van der Waals surface area (Å²) in [5.41, 5.74) is -1.74. The smallest absolute Gasteiger partial charge is 0.249 e. The Bertz CT molecular complexity index is 1260. The Labute approximate surface area is 255 Å². The number of carbonyl (C=O) groups is 3. The zero-order chi connectivity index (χ0) is 30.9. The molecule has 2 fully saturated rings. The van der Waals surface area contributed by atoms with E-state index >= 15 is 0 Å². The van der Waals surface area contributed by atoms with Gasteiger partial charge in [-0.2, -0.15) is 0 Å². The molecule has 0 bridgehead atoms. The number of rotatable bonds is 11. The SMILES string of the molecule is CCCCCN1CC=C[C@]23O[C@]4(C)C=CCN(c5ccc(OCC)cc5)C(=O)[C@@H]4[C@H]2C(=O)N([C@@H](CO)[C@@H](C)CC)C3C1=O. The van der Waals surface area contributed by atoms with Gasteiger partial charge in [-0.05, 0) is 50.5 Å². The molecule has 0 radical (unpaired) electrons. The van der Waals surface area contributed by atoms with E-state index in [9.17, 15) is 19.5 Å². The van der Waals surface area contributed by atoms with Crippen LogP contribution >= 0.6 is 0 Å². The summed E-state index contributed by atoms with van der Waals surface area (Å²) in [4.78, 5) is 48.9. The minimum Gasteiger partial charge on any atom is -0.494 e. The van der Waals surface area contributed by atoms with Gasteiger partial charge in [0.1, 0.15) is 17.4 Å². The van der Waals surface area contributed by atoms with Crippen LogP contribution in [-0.2, 0) is 19.1 Å². The molecule has 1 spiro atoms. The number of benzene rings is 1. The number of aliphatic hydroxyl groups is 1. The maximum absolute atomic E-state index is 14.7. The van der Waals surface area contributed by atoms with Crippen LogP contribution < -0.4 is 9.64 Å². The van der Waals surface area contributed by atoms with Crippen LogP contribution in [0.3, 0.4) is 0 Å². The van der Waals surface area contributed by atoms with E-state index in [0.717, 1.165) is 25.7 Å². The summed E-state index contributed by atoms with van der Waals surface area (Å²) < 4.78 is 12.6. The molecule has 0 saturated carbocycles. The maximum atomic E-state index is 14.7. The lowest BCUT2D eigenvalue weighted by molar-refractivity contribution is -0.155. The van der Waals surface area contributed by atoms with Gasteiger partial charge in [-0.1, -0.05) is 64.3 Å². The largest absolute Gasteiger partial charge is 0.494 e. The van der Waals surface area contributed by atoms with Crippen LogP contribution in [0.5, 0.6) is 5.75 Å². The molecule has 1 aromatic rings. The normalized spacial score (nSPS) is 31.4. The molecule has 4 heterocycles. The topological polar surface area (TPSA) is 99.6 Å². The third-order valence-corrected chi connectivity index (χ3v) is 9.91. The second kappa shape index (κ2) is 12.4. The first-order chi connectivity index (χ1) is 20.7. The Morgan fingerprint density at radius 2 is 1.70 bits per heavy atom. The first kappa shape index (κ1) is 31.3. The third-order valence-electron chi connectivity index (χ3n) is 9.91. The van der Waals surface area contributed by atoms with Gasteiger partial charge >= 0.3 is 0 Å². The Morgan fingerprint density at radius 1 is 0.977 bits per heavy atom. The fourth-order valence-corrected chi connectivity index (χ4v) is 7.55. The molecule has 1 N–H and O–H groups in total. The van der Waals surface area contributed by atoms with Gasteiger partial charge in [-0.25, -0.2) is 0 Å². The number of carbonyl (C=O) groups excluding carboxylic acids is 3. The van der Waals surface area contributed by atoms with E-state index < -0.39 is 35.1 Å². The predicted molar refractivity (Wildman–Crippen MR) is 165 cm³/mol. The number of hydrogen-bond donors (Lipinski definition) is 1. The van der Waals surface area contributed by atoms with Gasteiger partial charge in [-0.15, -0.1) is 0 Å². The van der Waals surface area contributed by atoms with E-state index in [4.69, 9.17) is 9.47 Å². The van der Waals surface area contributed by atoms with Crippen molar-refractivity contribution in [3.8, 4) is 5.75 Å². The second-order valence-corrected chi connectivity index (χ2v) is 12.6. The van der Waals surface area contributed by atoms with Crippen LogP contribution in [0.2, 0.25) is 0 Å². The Hall–Kier alpha value is -3.17. The molecule has 4 aliphatic heterocycles. The summed E-state index contributed by atoms with van der Waals surface area (Å²) in [6.07, 6.45) is 11.2. The van der Waals surface area contributed by atoms with Crippen molar-refractivity contribution in [2.24, 2.45) is 17.8 Å². The zero-order valence-electron chi connectivity index (χ0n) is 26.2. The molecule has 1 unspecified atom stereocenters. The minimum absolute atomic E-state index is 0.0603. The van der Waals surface area contributed by atoms with Crippen LogP contribution in [0.4, 0.5) is 5.69 Å². The van der Waals surface area contributed by atoms with Gasteiger partial charge in [0.15, 0.2) is 0 Å². The Morgan fingerprint density at radius 3 is 2.35 bits per heavy atom. The average Bonchev–Trinajstić information content (AvgIpc) is 3.27. The number of ether oxygens (including phenoxy) is 2. The fraction of sp³-hybridized carbons (Fsp3) is 0.618. The summed E-state index contributed by atoms with van der Waals surface area (Å²) >= 11 is 0. The fourth-order valence-electron chi connectivity index (χ4n) is 7.55. The molecule has 234 valence electrons. The van der Waals surface area contributed by atoms with Gasteiger partial charge in [-0.3, -0.25) is 14.4 Å². The summed E-state index contributed by atoms with van der Waals surface area (Å²) in [5, 5.41) is 10.6. The quantitative estimate of drug-likeness (QED) is 0.308. The van der Waals surface area contributed by atoms with Crippen LogP contribution in [-0.4, -0.2) is 88.8 Å². The molecule has 1 aromatic carbocycles. The molecule has 5 rings (SSSR count). The highest BCUT2D eigenvalue weighted by Gasteiger charge is 2.75. The third kappa shape index (κ3) is 5.18. The molecule has 2 saturated heterocycles. The van der Waals surface area contributed by atoms with E-state index in [1.807, 2.05) is 81.2 Å².